The number of aromatic nitrogens is 3. The number of nitrogens with zero attached hydrogens (tertiary/aromatic N) is 3. The van der Waals surface area contributed by atoms with E-state index in [1.54, 1.807) is 23.0 Å². The predicted molar refractivity (Wildman–Crippen MR) is 87.0 cm³/mol. The third-order valence-electron chi connectivity index (χ3n) is 4.11. The number of carbonyl (C=O) groups excluding carboxylic acids is 1. The molecule has 7 heteroatoms. The average molecular weight is 329 g/mol. The number of rotatable bonds is 4. The Morgan fingerprint density at radius 1 is 1.30 bits per heavy atom. The number of nitrogens with one attached hydrogen (secondary N) is 1. The summed E-state index contributed by atoms with van der Waals surface area (Å²) < 4.78 is 2.13. The molecule has 23 heavy (non-hydrogen) atoms. The minimum atomic E-state index is -1.19. The van der Waals surface area contributed by atoms with E-state index in [2.05, 4.69) is 15.3 Å². The largest absolute Gasteiger partial charge is 0.545 e. The minimum Gasteiger partial charge on any atom is -0.545 e. The number of hydrogen-bond donors (Lipinski definition) is 1. The number of aromatic carboxylic acids is 1. The Balaban J connectivity index is 1.83. The molecule has 0 radical (unpaired) electrons. The molecule has 0 atom stereocenters. The molecule has 1 N–H and O–H groups in total. The third kappa shape index (κ3) is 3.56. The van der Waals surface area contributed by atoms with Crippen LogP contribution in [0.5, 0.6) is 0 Å². The standard InChI is InChI=1S/C16H18N4O2S/c21-15(22)13-8-6-11(7-9-13)10-17-20-14(18-19-16(20)23)12-4-2-1-3-5-12/h6-10,12H,1-5H2,(H,19,23)(H,21,22)/p-1. The van der Waals surface area contributed by atoms with Gasteiger partial charge in [-0.15, -0.1) is 0 Å². The topological polar surface area (TPSA) is 86.1 Å². The van der Waals surface area contributed by atoms with Gasteiger partial charge >= 0.3 is 0 Å². The zero-order chi connectivity index (χ0) is 16.2. The van der Waals surface area contributed by atoms with E-state index in [1.807, 2.05) is 0 Å². The fourth-order valence-corrected chi connectivity index (χ4v) is 3.06. The monoisotopic (exact) mass is 329 g/mol. The van der Waals surface area contributed by atoms with Crippen LogP contribution in [0.3, 0.4) is 0 Å². The Morgan fingerprint density at radius 3 is 2.65 bits per heavy atom. The number of aromatic amines is 1. The normalized spacial score (nSPS) is 16.0. The number of hydrogen-bond acceptors (Lipinski definition) is 5. The lowest BCUT2D eigenvalue weighted by Crippen LogP contribution is -2.21. The highest BCUT2D eigenvalue weighted by atomic mass is 32.1. The van der Waals surface area contributed by atoms with Crippen LogP contribution < -0.4 is 5.11 Å². The van der Waals surface area contributed by atoms with Crippen LogP contribution in [0.1, 0.15) is 59.8 Å². The average Bonchev–Trinajstić information content (AvgIpc) is 2.95. The Hall–Kier alpha value is -2.28. The first-order chi connectivity index (χ1) is 11.1. The molecular weight excluding hydrogens is 312 g/mol. The van der Waals surface area contributed by atoms with Crippen molar-refractivity contribution in [1.82, 2.24) is 14.9 Å². The molecule has 6 nitrogen and oxygen atoms in total. The first kappa shape index (κ1) is 15.6. The number of carbonyl (C=O) groups is 1. The van der Waals surface area contributed by atoms with Gasteiger partial charge in [-0.1, -0.05) is 43.5 Å². The molecule has 1 aromatic heterocycles. The van der Waals surface area contributed by atoms with Crippen molar-refractivity contribution >= 4 is 24.4 Å². The summed E-state index contributed by atoms with van der Waals surface area (Å²) in [6, 6.07) is 6.35. The molecule has 3 rings (SSSR count). The van der Waals surface area contributed by atoms with Gasteiger partial charge in [-0.2, -0.15) is 14.9 Å². The third-order valence-corrected chi connectivity index (χ3v) is 4.38. The predicted octanol–water partition coefficient (Wildman–Crippen LogP) is 2.23. The van der Waals surface area contributed by atoms with Gasteiger partial charge in [0.25, 0.3) is 0 Å². The molecule has 2 aromatic rings. The first-order valence-corrected chi connectivity index (χ1v) is 8.09. The maximum atomic E-state index is 10.7. The summed E-state index contributed by atoms with van der Waals surface area (Å²) in [7, 11) is 0. The van der Waals surface area contributed by atoms with Crippen LogP contribution in [0, 0.1) is 4.77 Å². The summed E-state index contributed by atoms with van der Waals surface area (Å²) in [5, 5.41) is 22.3. The molecule has 1 aliphatic rings. The molecule has 0 bridgehead atoms. The summed E-state index contributed by atoms with van der Waals surface area (Å²) >= 11 is 5.26. The maximum absolute atomic E-state index is 10.7. The van der Waals surface area contributed by atoms with E-state index in [0.717, 1.165) is 24.2 Å². The van der Waals surface area contributed by atoms with Crippen LogP contribution >= 0.6 is 12.2 Å². The molecule has 0 saturated heterocycles. The van der Waals surface area contributed by atoms with Crippen molar-refractivity contribution in [3.63, 3.8) is 0 Å². The van der Waals surface area contributed by atoms with Crippen LogP contribution in [0.2, 0.25) is 0 Å². The van der Waals surface area contributed by atoms with E-state index in [1.165, 1.54) is 31.4 Å². The molecule has 1 aliphatic carbocycles. The Labute approximate surface area is 138 Å². The molecule has 1 aromatic carbocycles. The molecule has 0 spiro atoms. The van der Waals surface area contributed by atoms with Crippen LogP contribution in [0.4, 0.5) is 0 Å². The lowest BCUT2D eigenvalue weighted by atomic mass is 9.89. The molecule has 0 aliphatic heterocycles. The molecular formula is C16H17N4O2S-. The highest BCUT2D eigenvalue weighted by molar-refractivity contribution is 7.71. The van der Waals surface area contributed by atoms with E-state index >= 15 is 0 Å². The van der Waals surface area contributed by atoms with Gasteiger partial charge in [0.15, 0.2) is 5.82 Å². The van der Waals surface area contributed by atoms with Gasteiger partial charge in [0, 0.05) is 5.92 Å². The zero-order valence-corrected chi connectivity index (χ0v) is 13.4. The fraction of sp³-hybridized carbons (Fsp3) is 0.375. The van der Waals surface area contributed by atoms with E-state index in [4.69, 9.17) is 12.2 Å². The molecule has 1 fully saturated rings. The van der Waals surface area contributed by atoms with Crippen molar-refractivity contribution in [2.45, 2.75) is 38.0 Å². The van der Waals surface area contributed by atoms with Crippen molar-refractivity contribution in [3.8, 4) is 0 Å². The van der Waals surface area contributed by atoms with Crippen molar-refractivity contribution in [3.05, 3.63) is 46.0 Å². The summed E-state index contributed by atoms with van der Waals surface area (Å²) in [5.74, 6) is 0.0664. The number of benzene rings is 1. The number of carboxylic acid groups (broad SMARTS) is 1. The first-order valence-electron chi connectivity index (χ1n) is 7.68. The maximum Gasteiger partial charge on any atom is 0.216 e. The highest BCUT2D eigenvalue weighted by Crippen LogP contribution is 2.31. The van der Waals surface area contributed by atoms with Gasteiger partial charge in [-0.05, 0) is 36.2 Å². The van der Waals surface area contributed by atoms with Gasteiger partial charge in [0.05, 0.1) is 12.2 Å². The minimum absolute atomic E-state index is 0.143. The van der Waals surface area contributed by atoms with Gasteiger partial charge in [-0.3, -0.25) is 5.10 Å². The van der Waals surface area contributed by atoms with Crippen molar-refractivity contribution in [2.75, 3.05) is 0 Å². The summed E-state index contributed by atoms with van der Waals surface area (Å²) in [5.41, 5.74) is 0.928. The van der Waals surface area contributed by atoms with Gasteiger partial charge < -0.3 is 9.90 Å². The number of H-pyrrole nitrogens is 1. The van der Waals surface area contributed by atoms with Gasteiger partial charge in [0.2, 0.25) is 4.77 Å². The SMILES string of the molecule is O=C([O-])c1ccc(C=Nn2c(C3CCCCC3)n[nH]c2=S)cc1. The van der Waals surface area contributed by atoms with Crippen LogP contribution in [-0.2, 0) is 0 Å². The fourth-order valence-electron chi connectivity index (χ4n) is 2.87. The molecule has 120 valence electrons. The Morgan fingerprint density at radius 2 is 2.00 bits per heavy atom. The summed E-state index contributed by atoms with van der Waals surface area (Å²) in [4.78, 5) is 10.7. The van der Waals surface area contributed by atoms with E-state index in [9.17, 15) is 9.90 Å². The molecule has 0 amide bonds. The Bertz CT molecular complexity index is 770. The summed E-state index contributed by atoms with van der Waals surface area (Å²) in [6.07, 6.45) is 7.55. The van der Waals surface area contributed by atoms with E-state index in [-0.39, 0.29) is 5.56 Å². The van der Waals surface area contributed by atoms with Gasteiger partial charge in [0.1, 0.15) is 0 Å². The van der Waals surface area contributed by atoms with Crippen LogP contribution in [0.15, 0.2) is 29.4 Å². The van der Waals surface area contributed by atoms with Crippen LogP contribution in [-0.4, -0.2) is 27.1 Å². The van der Waals surface area contributed by atoms with E-state index < -0.39 is 5.97 Å². The van der Waals surface area contributed by atoms with Crippen molar-refractivity contribution < 1.29 is 9.90 Å². The lowest BCUT2D eigenvalue weighted by molar-refractivity contribution is -0.255. The summed E-state index contributed by atoms with van der Waals surface area (Å²) in [6.45, 7) is 0. The second-order valence-electron chi connectivity index (χ2n) is 5.69. The van der Waals surface area contributed by atoms with E-state index in [0.29, 0.717) is 10.7 Å². The van der Waals surface area contributed by atoms with Gasteiger partial charge in [-0.25, -0.2) is 0 Å². The quantitative estimate of drug-likeness (QED) is 0.688. The molecule has 1 saturated carbocycles. The molecule has 0 unspecified atom stereocenters. The van der Waals surface area contributed by atoms with Crippen LogP contribution in [0.25, 0.3) is 0 Å². The van der Waals surface area contributed by atoms with Crippen molar-refractivity contribution in [2.24, 2.45) is 5.10 Å². The smallest absolute Gasteiger partial charge is 0.216 e. The van der Waals surface area contributed by atoms with Crippen molar-refractivity contribution in [1.29, 1.82) is 0 Å². The lowest BCUT2D eigenvalue weighted by Gasteiger charge is -2.19. The zero-order valence-electron chi connectivity index (χ0n) is 12.6. The Kier molecular flexibility index (Phi) is 4.66. The second-order valence-corrected chi connectivity index (χ2v) is 6.07. The molecule has 1 heterocycles. The second kappa shape index (κ2) is 6.87. The highest BCUT2D eigenvalue weighted by Gasteiger charge is 2.21. The number of carboxylic acids is 1.